The number of allylic oxidation sites excluding steroid dienone is 1. The van der Waals surface area contributed by atoms with Gasteiger partial charge in [-0.2, -0.15) is 4.98 Å². The van der Waals surface area contributed by atoms with Crippen LogP contribution in [0, 0.1) is 0 Å². The van der Waals surface area contributed by atoms with Crippen LogP contribution in [0.25, 0.3) is 0 Å². The number of aromatic nitrogens is 2. The highest BCUT2D eigenvalue weighted by molar-refractivity contribution is 5.41. The minimum Gasteiger partial charge on any atom is -0.383 e. The molecule has 0 atom stereocenters. The van der Waals surface area contributed by atoms with Crippen molar-refractivity contribution < 1.29 is 0 Å². The number of unbranched alkanes of at least 4 members (excludes halogenated alkanes) is 1. The second-order valence-electron chi connectivity index (χ2n) is 3.00. The lowest BCUT2D eigenvalue weighted by molar-refractivity contribution is 0.828. The molecular weight excluding hydrogens is 180 g/mol. The van der Waals surface area contributed by atoms with Crippen LogP contribution in [-0.2, 0) is 6.42 Å². The van der Waals surface area contributed by atoms with Crippen LogP contribution in [-0.4, -0.2) is 9.97 Å². The molecule has 0 aliphatic heterocycles. The van der Waals surface area contributed by atoms with Gasteiger partial charge in [0.15, 0.2) is 0 Å². The Balaban J connectivity index is 2.86. The number of aromatic amines is 1. The van der Waals surface area contributed by atoms with Gasteiger partial charge in [-0.3, -0.25) is 9.78 Å². The van der Waals surface area contributed by atoms with E-state index in [1.54, 1.807) is 6.08 Å². The highest BCUT2D eigenvalue weighted by atomic mass is 16.1. The number of rotatable bonds is 4. The van der Waals surface area contributed by atoms with Crippen molar-refractivity contribution in [1.29, 1.82) is 0 Å². The van der Waals surface area contributed by atoms with Gasteiger partial charge in [0.2, 0.25) is 5.95 Å². The first-order valence-electron chi connectivity index (χ1n) is 4.40. The van der Waals surface area contributed by atoms with E-state index in [9.17, 15) is 4.79 Å². The lowest BCUT2D eigenvalue weighted by atomic mass is 10.1. The van der Waals surface area contributed by atoms with Crippen molar-refractivity contribution in [2.24, 2.45) is 0 Å². The quantitative estimate of drug-likeness (QED) is 0.478. The molecule has 0 aliphatic rings. The zero-order chi connectivity index (χ0) is 10.6. The lowest BCUT2D eigenvalue weighted by Gasteiger charge is -2.03. The van der Waals surface area contributed by atoms with Gasteiger partial charge in [-0.1, -0.05) is 6.08 Å². The molecule has 0 saturated heterocycles. The first-order valence-corrected chi connectivity index (χ1v) is 4.40. The molecule has 0 radical (unpaired) electrons. The second kappa shape index (κ2) is 4.45. The fourth-order valence-corrected chi connectivity index (χ4v) is 1.20. The van der Waals surface area contributed by atoms with E-state index in [0.29, 0.717) is 12.0 Å². The molecule has 0 saturated carbocycles. The minimum absolute atomic E-state index is 0.0555. The number of hydrogen-bond acceptors (Lipinski definition) is 4. The van der Waals surface area contributed by atoms with Gasteiger partial charge in [-0.15, -0.1) is 6.58 Å². The monoisotopic (exact) mass is 194 g/mol. The largest absolute Gasteiger partial charge is 0.383 e. The Kier molecular flexibility index (Phi) is 3.28. The predicted octanol–water partition coefficient (Wildman–Crippen LogP) is 0.443. The molecule has 1 aromatic rings. The Bertz CT molecular complexity index is 383. The van der Waals surface area contributed by atoms with Crippen LogP contribution < -0.4 is 17.0 Å². The Morgan fingerprint density at radius 2 is 2.21 bits per heavy atom. The van der Waals surface area contributed by atoms with Crippen molar-refractivity contribution in [3.8, 4) is 0 Å². The Morgan fingerprint density at radius 3 is 2.79 bits per heavy atom. The first kappa shape index (κ1) is 10.3. The Hall–Kier alpha value is -1.78. The summed E-state index contributed by atoms with van der Waals surface area (Å²) in [5.74, 6) is 0.273. The van der Waals surface area contributed by atoms with E-state index in [-0.39, 0.29) is 17.3 Å². The molecule has 5 nitrogen and oxygen atoms in total. The molecule has 0 spiro atoms. The molecule has 0 unspecified atom stereocenters. The first-order chi connectivity index (χ1) is 6.65. The lowest BCUT2D eigenvalue weighted by Crippen LogP contribution is -2.19. The summed E-state index contributed by atoms with van der Waals surface area (Å²) in [5, 5.41) is 0. The number of anilines is 2. The van der Waals surface area contributed by atoms with Gasteiger partial charge in [0.1, 0.15) is 5.82 Å². The molecule has 0 amide bonds. The molecule has 0 fully saturated rings. The number of nitrogens with one attached hydrogen (secondary N) is 1. The zero-order valence-corrected chi connectivity index (χ0v) is 7.92. The van der Waals surface area contributed by atoms with Gasteiger partial charge < -0.3 is 11.5 Å². The van der Waals surface area contributed by atoms with Crippen LogP contribution in [0.15, 0.2) is 17.4 Å². The van der Waals surface area contributed by atoms with Crippen molar-refractivity contribution in [2.45, 2.75) is 19.3 Å². The fraction of sp³-hybridized carbons (Fsp3) is 0.333. The molecule has 5 heteroatoms. The van der Waals surface area contributed by atoms with E-state index in [1.807, 2.05) is 0 Å². The van der Waals surface area contributed by atoms with Crippen LogP contribution >= 0.6 is 0 Å². The summed E-state index contributed by atoms with van der Waals surface area (Å²) >= 11 is 0. The van der Waals surface area contributed by atoms with Crippen molar-refractivity contribution >= 4 is 11.8 Å². The second-order valence-corrected chi connectivity index (χ2v) is 3.00. The van der Waals surface area contributed by atoms with Crippen LogP contribution in [0.1, 0.15) is 18.4 Å². The van der Waals surface area contributed by atoms with Crippen molar-refractivity contribution in [2.75, 3.05) is 11.5 Å². The molecule has 14 heavy (non-hydrogen) atoms. The van der Waals surface area contributed by atoms with Gasteiger partial charge >= 0.3 is 0 Å². The zero-order valence-electron chi connectivity index (χ0n) is 7.92. The van der Waals surface area contributed by atoms with E-state index in [2.05, 4.69) is 16.5 Å². The number of H-pyrrole nitrogens is 1. The molecule has 1 rings (SSSR count). The van der Waals surface area contributed by atoms with E-state index >= 15 is 0 Å². The number of nitrogens with zero attached hydrogens (tertiary/aromatic N) is 1. The standard InChI is InChI=1S/C9H14N4O/c1-2-3-4-5-6-7(10)12-9(11)13-8(6)14/h2H,1,3-5H2,(H5,10,11,12,13,14). The third-order valence-corrected chi connectivity index (χ3v) is 1.90. The maximum atomic E-state index is 11.4. The van der Waals surface area contributed by atoms with Crippen LogP contribution in [0.4, 0.5) is 11.8 Å². The van der Waals surface area contributed by atoms with Crippen LogP contribution in [0.3, 0.4) is 0 Å². The smallest absolute Gasteiger partial charge is 0.257 e. The topological polar surface area (TPSA) is 97.8 Å². The van der Waals surface area contributed by atoms with Crippen molar-refractivity contribution in [1.82, 2.24) is 9.97 Å². The normalized spacial score (nSPS) is 10.0. The van der Waals surface area contributed by atoms with E-state index < -0.39 is 0 Å². The molecule has 76 valence electrons. The van der Waals surface area contributed by atoms with Crippen LogP contribution in [0.2, 0.25) is 0 Å². The molecule has 0 aromatic carbocycles. The third kappa shape index (κ3) is 2.35. The average molecular weight is 194 g/mol. The molecule has 0 bridgehead atoms. The summed E-state index contributed by atoms with van der Waals surface area (Å²) in [6.45, 7) is 3.60. The van der Waals surface area contributed by atoms with Gasteiger partial charge in [0.25, 0.3) is 5.56 Å². The van der Waals surface area contributed by atoms with E-state index in [1.165, 1.54) is 0 Å². The number of hydrogen-bond donors (Lipinski definition) is 3. The molecule has 1 heterocycles. The highest BCUT2D eigenvalue weighted by Gasteiger charge is 2.06. The van der Waals surface area contributed by atoms with Gasteiger partial charge in [-0.05, 0) is 19.3 Å². The summed E-state index contributed by atoms with van der Waals surface area (Å²) < 4.78 is 0. The summed E-state index contributed by atoms with van der Waals surface area (Å²) in [6.07, 6.45) is 4.08. The molecular formula is C9H14N4O. The van der Waals surface area contributed by atoms with Gasteiger partial charge in [-0.25, -0.2) is 0 Å². The highest BCUT2D eigenvalue weighted by Crippen LogP contribution is 2.07. The Labute approximate surface area is 81.8 Å². The fourth-order valence-electron chi connectivity index (χ4n) is 1.20. The third-order valence-electron chi connectivity index (χ3n) is 1.90. The number of nitrogen functional groups attached to an aromatic ring is 2. The number of nitrogens with two attached hydrogens (primary N) is 2. The predicted molar refractivity (Wildman–Crippen MR) is 56.8 cm³/mol. The molecule has 5 N–H and O–H groups in total. The van der Waals surface area contributed by atoms with Gasteiger partial charge in [0, 0.05) is 0 Å². The van der Waals surface area contributed by atoms with E-state index in [0.717, 1.165) is 12.8 Å². The average Bonchev–Trinajstić information content (AvgIpc) is 2.09. The molecule has 1 aromatic heterocycles. The maximum absolute atomic E-state index is 11.4. The van der Waals surface area contributed by atoms with Crippen molar-refractivity contribution in [3.63, 3.8) is 0 Å². The summed E-state index contributed by atoms with van der Waals surface area (Å²) in [6, 6.07) is 0. The van der Waals surface area contributed by atoms with Crippen LogP contribution in [0.5, 0.6) is 0 Å². The Morgan fingerprint density at radius 1 is 1.50 bits per heavy atom. The van der Waals surface area contributed by atoms with Crippen molar-refractivity contribution in [3.05, 3.63) is 28.6 Å². The maximum Gasteiger partial charge on any atom is 0.257 e. The molecule has 0 aliphatic carbocycles. The summed E-state index contributed by atoms with van der Waals surface area (Å²) in [7, 11) is 0. The van der Waals surface area contributed by atoms with E-state index in [4.69, 9.17) is 11.5 Å². The summed E-state index contributed by atoms with van der Waals surface area (Å²) in [5.41, 5.74) is 11.1. The minimum atomic E-state index is -0.251. The van der Waals surface area contributed by atoms with Gasteiger partial charge in [0.05, 0.1) is 5.56 Å². The SMILES string of the molecule is C=CCCCc1c(N)nc(N)[nH]c1=O. The summed E-state index contributed by atoms with van der Waals surface area (Å²) in [4.78, 5) is 17.6.